The van der Waals surface area contributed by atoms with Crippen LogP contribution in [0.15, 0.2) is 0 Å². The van der Waals surface area contributed by atoms with Gasteiger partial charge in [0.05, 0.1) is 6.61 Å². The second-order valence-electron chi connectivity index (χ2n) is 4.29. The largest absolute Gasteiger partial charge is 0.481 e. The Kier molecular flexibility index (Phi) is 9.31. The molecule has 0 aromatic heterocycles. The van der Waals surface area contributed by atoms with Crippen molar-refractivity contribution in [2.24, 2.45) is 0 Å². The number of carbonyl (C=O) groups is 3. The zero-order valence-electron chi connectivity index (χ0n) is 12.7. The van der Waals surface area contributed by atoms with Gasteiger partial charge in [-0.05, 0) is 6.92 Å². The fourth-order valence-corrected chi connectivity index (χ4v) is 1.70. The summed E-state index contributed by atoms with van der Waals surface area (Å²) in [4.78, 5) is 30.8. The SMILES string of the molecule is CC(=O)O.CCO[C@H]1OC[C@@H](OC(C)=O)CC1OC(C)=O. The van der Waals surface area contributed by atoms with Crippen LogP contribution in [0.2, 0.25) is 0 Å². The molecule has 3 atom stereocenters. The molecule has 122 valence electrons. The quantitative estimate of drug-likeness (QED) is 0.757. The van der Waals surface area contributed by atoms with E-state index in [0.717, 1.165) is 6.92 Å². The van der Waals surface area contributed by atoms with Gasteiger partial charge < -0.3 is 24.1 Å². The maximum atomic E-state index is 10.9. The summed E-state index contributed by atoms with van der Waals surface area (Å²) in [6.07, 6.45) is -1.13. The van der Waals surface area contributed by atoms with Crippen molar-refractivity contribution in [3.8, 4) is 0 Å². The first-order valence-electron chi connectivity index (χ1n) is 6.53. The van der Waals surface area contributed by atoms with Gasteiger partial charge in [-0.15, -0.1) is 0 Å². The topological polar surface area (TPSA) is 108 Å². The molecule has 8 nitrogen and oxygen atoms in total. The minimum Gasteiger partial charge on any atom is -0.481 e. The molecule has 1 rings (SSSR count). The van der Waals surface area contributed by atoms with Crippen molar-refractivity contribution in [2.45, 2.75) is 52.6 Å². The average molecular weight is 306 g/mol. The van der Waals surface area contributed by atoms with Gasteiger partial charge in [0.25, 0.3) is 5.97 Å². The van der Waals surface area contributed by atoms with Crippen molar-refractivity contribution in [2.75, 3.05) is 13.2 Å². The van der Waals surface area contributed by atoms with E-state index in [9.17, 15) is 9.59 Å². The van der Waals surface area contributed by atoms with Gasteiger partial charge in [-0.2, -0.15) is 0 Å². The number of carboxylic acid groups (broad SMARTS) is 1. The van der Waals surface area contributed by atoms with Crippen LogP contribution >= 0.6 is 0 Å². The molecule has 1 aliphatic rings. The Morgan fingerprint density at radius 2 is 1.67 bits per heavy atom. The molecule has 1 fully saturated rings. The molecule has 1 N–H and O–H groups in total. The van der Waals surface area contributed by atoms with Crippen molar-refractivity contribution in [3.63, 3.8) is 0 Å². The second-order valence-corrected chi connectivity index (χ2v) is 4.29. The maximum absolute atomic E-state index is 10.9. The lowest BCUT2D eigenvalue weighted by Crippen LogP contribution is -2.46. The van der Waals surface area contributed by atoms with Gasteiger partial charge in [0.1, 0.15) is 6.10 Å². The van der Waals surface area contributed by atoms with Crippen LogP contribution in [-0.2, 0) is 33.3 Å². The summed E-state index contributed by atoms with van der Waals surface area (Å²) in [6.45, 7) is 6.27. The van der Waals surface area contributed by atoms with Gasteiger partial charge in [0, 0.05) is 33.8 Å². The predicted molar refractivity (Wildman–Crippen MR) is 70.4 cm³/mol. The molecule has 1 unspecified atom stereocenters. The van der Waals surface area contributed by atoms with E-state index in [1.807, 2.05) is 6.92 Å². The first kappa shape index (κ1) is 19.3. The molecule has 0 aromatic rings. The van der Waals surface area contributed by atoms with Crippen LogP contribution in [0.3, 0.4) is 0 Å². The molecule has 8 heteroatoms. The number of rotatable bonds is 4. The van der Waals surface area contributed by atoms with Gasteiger partial charge in [-0.1, -0.05) is 0 Å². The molecule has 0 radical (unpaired) electrons. The lowest BCUT2D eigenvalue weighted by molar-refractivity contribution is -0.245. The molecule has 21 heavy (non-hydrogen) atoms. The number of ether oxygens (including phenoxy) is 4. The van der Waals surface area contributed by atoms with E-state index in [2.05, 4.69) is 0 Å². The Labute approximate surface area is 123 Å². The summed E-state index contributed by atoms with van der Waals surface area (Å²) < 4.78 is 20.8. The normalized spacial score (nSPS) is 24.3. The van der Waals surface area contributed by atoms with Gasteiger partial charge >= 0.3 is 11.9 Å². The molecule has 0 amide bonds. The lowest BCUT2D eigenvalue weighted by atomic mass is 10.1. The van der Waals surface area contributed by atoms with Crippen LogP contribution in [0.25, 0.3) is 0 Å². The highest BCUT2D eigenvalue weighted by molar-refractivity contribution is 5.66. The Morgan fingerprint density at radius 1 is 1.14 bits per heavy atom. The summed E-state index contributed by atoms with van der Waals surface area (Å²) in [6, 6.07) is 0. The second kappa shape index (κ2) is 10.1. The molecule has 0 spiro atoms. The minimum absolute atomic E-state index is 0.252. The van der Waals surface area contributed by atoms with E-state index < -0.39 is 30.4 Å². The summed E-state index contributed by atoms with van der Waals surface area (Å²) in [7, 11) is 0. The molecular formula is C13H22O8. The summed E-state index contributed by atoms with van der Waals surface area (Å²) in [5, 5.41) is 7.42. The monoisotopic (exact) mass is 306 g/mol. The number of carbonyl (C=O) groups excluding carboxylic acids is 2. The number of hydrogen-bond acceptors (Lipinski definition) is 7. The van der Waals surface area contributed by atoms with Crippen molar-refractivity contribution < 1.29 is 38.4 Å². The lowest BCUT2D eigenvalue weighted by Gasteiger charge is -2.34. The van der Waals surface area contributed by atoms with Crippen molar-refractivity contribution >= 4 is 17.9 Å². The number of carboxylic acids is 1. The van der Waals surface area contributed by atoms with Crippen LogP contribution in [-0.4, -0.2) is 54.7 Å². The third-order valence-corrected chi connectivity index (χ3v) is 2.23. The van der Waals surface area contributed by atoms with Crippen molar-refractivity contribution in [1.29, 1.82) is 0 Å². The van der Waals surface area contributed by atoms with E-state index in [4.69, 9.17) is 28.8 Å². The highest BCUT2D eigenvalue weighted by Gasteiger charge is 2.35. The van der Waals surface area contributed by atoms with Crippen LogP contribution in [0.1, 0.15) is 34.1 Å². The first-order valence-corrected chi connectivity index (χ1v) is 6.53. The Morgan fingerprint density at radius 3 is 2.10 bits per heavy atom. The summed E-state index contributed by atoms with van der Waals surface area (Å²) in [5.74, 6) is -1.62. The maximum Gasteiger partial charge on any atom is 0.303 e. The third kappa shape index (κ3) is 9.80. The van der Waals surface area contributed by atoms with E-state index in [0.29, 0.717) is 13.0 Å². The fourth-order valence-electron chi connectivity index (χ4n) is 1.70. The molecule has 0 saturated carbocycles. The van der Waals surface area contributed by atoms with Gasteiger partial charge in [-0.3, -0.25) is 14.4 Å². The molecular weight excluding hydrogens is 284 g/mol. The highest BCUT2D eigenvalue weighted by Crippen LogP contribution is 2.21. The first-order chi connectivity index (χ1) is 9.76. The van der Waals surface area contributed by atoms with Gasteiger partial charge in [-0.25, -0.2) is 0 Å². The summed E-state index contributed by atoms with van der Waals surface area (Å²) in [5.41, 5.74) is 0. The zero-order chi connectivity index (χ0) is 16.4. The minimum atomic E-state index is -0.833. The van der Waals surface area contributed by atoms with E-state index in [-0.39, 0.29) is 12.6 Å². The van der Waals surface area contributed by atoms with Gasteiger partial charge in [0.2, 0.25) is 0 Å². The predicted octanol–water partition coefficient (Wildman–Crippen LogP) is 0.724. The van der Waals surface area contributed by atoms with Crippen LogP contribution in [0, 0.1) is 0 Å². The molecule has 1 heterocycles. The summed E-state index contributed by atoms with van der Waals surface area (Å²) >= 11 is 0. The van der Waals surface area contributed by atoms with E-state index in [1.165, 1.54) is 13.8 Å². The average Bonchev–Trinajstić information content (AvgIpc) is 2.30. The van der Waals surface area contributed by atoms with Crippen LogP contribution < -0.4 is 0 Å². The van der Waals surface area contributed by atoms with E-state index >= 15 is 0 Å². The molecule has 0 aromatic carbocycles. The highest BCUT2D eigenvalue weighted by atomic mass is 16.7. The Balaban J connectivity index is 0.000000885. The smallest absolute Gasteiger partial charge is 0.303 e. The van der Waals surface area contributed by atoms with Crippen LogP contribution in [0.4, 0.5) is 0 Å². The molecule has 0 aliphatic carbocycles. The molecule has 1 saturated heterocycles. The van der Waals surface area contributed by atoms with Crippen LogP contribution in [0.5, 0.6) is 0 Å². The Bertz CT molecular complexity index is 350. The van der Waals surface area contributed by atoms with Gasteiger partial charge in [0.15, 0.2) is 12.4 Å². The molecule has 0 bridgehead atoms. The van der Waals surface area contributed by atoms with Crippen molar-refractivity contribution in [1.82, 2.24) is 0 Å². The molecule has 1 aliphatic heterocycles. The fraction of sp³-hybridized carbons (Fsp3) is 0.769. The van der Waals surface area contributed by atoms with E-state index in [1.54, 1.807) is 0 Å². The Hall–Kier alpha value is -1.67. The number of aliphatic carboxylic acids is 1. The standard InChI is InChI=1S/C11H18O6.C2H4O2/c1-4-14-11-10(17-8(3)13)5-9(6-15-11)16-7(2)12;1-2(3)4/h9-11H,4-6H2,1-3H3;1H3,(H,3,4)/t9-,10?,11-;/m0./s1. The number of esters is 2. The zero-order valence-corrected chi connectivity index (χ0v) is 12.7. The third-order valence-electron chi connectivity index (χ3n) is 2.23. The van der Waals surface area contributed by atoms with Crippen molar-refractivity contribution in [3.05, 3.63) is 0 Å². The number of hydrogen-bond donors (Lipinski definition) is 1.